The van der Waals surface area contributed by atoms with Crippen molar-refractivity contribution in [2.24, 2.45) is 11.1 Å². The molecule has 1 aliphatic heterocycles. The molecule has 0 saturated carbocycles. The number of amides is 1. The number of halogens is 1. The lowest BCUT2D eigenvalue weighted by Gasteiger charge is -2.32. The summed E-state index contributed by atoms with van der Waals surface area (Å²) < 4.78 is 24.1. The summed E-state index contributed by atoms with van der Waals surface area (Å²) in [5.74, 6) is -0.155. The molecular weight excluding hydrogens is 316 g/mol. The van der Waals surface area contributed by atoms with E-state index >= 15 is 0 Å². The van der Waals surface area contributed by atoms with E-state index in [1.807, 2.05) is 0 Å². The van der Waals surface area contributed by atoms with Crippen LogP contribution in [-0.2, 0) is 10.2 Å². The van der Waals surface area contributed by atoms with Crippen molar-refractivity contribution in [3.8, 4) is 0 Å². The molecule has 3 N–H and O–H groups in total. The summed E-state index contributed by atoms with van der Waals surface area (Å²) in [7, 11) is -3.70. The van der Waals surface area contributed by atoms with Crippen LogP contribution in [-0.4, -0.2) is 43.8 Å². The lowest BCUT2D eigenvalue weighted by molar-refractivity contribution is 0.0670. The summed E-state index contributed by atoms with van der Waals surface area (Å²) >= 11 is 5.78. The third-order valence-corrected chi connectivity index (χ3v) is 4.09. The van der Waals surface area contributed by atoms with E-state index in [-0.39, 0.29) is 23.5 Å². The average Bonchev–Trinajstić information content (AvgIpc) is 2.44. The van der Waals surface area contributed by atoms with Gasteiger partial charge in [0.25, 0.3) is 16.1 Å². The molecule has 0 spiro atoms. The molecule has 1 unspecified atom stereocenters. The molecule has 1 atom stereocenters. The van der Waals surface area contributed by atoms with Crippen LogP contribution >= 0.6 is 11.6 Å². The number of carbonyl (C=O) groups is 1. The molecule has 1 fully saturated rings. The van der Waals surface area contributed by atoms with E-state index in [0.29, 0.717) is 18.8 Å². The van der Waals surface area contributed by atoms with E-state index in [1.165, 1.54) is 0 Å². The predicted octanol–water partition coefficient (Wildman–Crippen LogP) is 0.380. The van der Waals surface area contributed by atoms with Crippen LogP contribution in [0.4, 0.5) is 0 Å². The van der Waals surface area contributed by atoms with Gasteiger partial charge in [0.15, 0.2) is 0 Å². The number of carbonyl (C=O) groups excluding carboxylic acids is 1. The fraction of sp³-hybridized carbons (Fsp3) is 0.500. The van der Waals surface area contributed by atoms with Crippen LogP contribution in [0.25, 0.3) is 0 Å². The van der Waals surface area contributed by atoms with Gasteiger partial charge in [0.05, 0.1) is 0 Å². The molecule has 1 aliphatic rings. The number of hydrogen-bond donors (Lipinski definition) is 2. The molecule has 9 heteroatoms. The summed E-state index contributed by atoms with van der Waals surface area (Å²) in [5.41, 5.74) is 0.294. The number of nitrogens with zero attached hydrogens (tertiary/aromatic N) is 2. The highest BCUT2D eigenvalue weighted by Gasteiger charge is 2.25. The van der Waals surface area contributed by atoms with Crippen LogP contribution in [0.3, 0.4) is 0 Å². The first-order chi connectivity index (χ1) is 9.85. The number of pyridine rings is 1. The van der Waals surface area contributed by atoms with Crippen molar-refractivity contribution in [2.45, 2.75) is 12.8 Å². The second-order valence-corrected chi connectivity index (χ2v) is 6.76. The van der Waals surface area contributed by atoms with Gasteiger partial charge in [0.2, 0.25) is 0 Å². The van der Waals surface area contributed by atoms with Crippen LogP contribution in [0.1, 0.15) is 23.3 Å². The van der Waals surface area contributed by atoms with E-state index in [1.54, 1.807) is 23.1 Å². The number of likely N-dealkylation sites (tertiary alicyclic amines) is 1. The minimum absolute atomic E-state index is 0.0419. The zero-order valence-corrected chi connectivity index (χ0v) is 12.9. The second-order valence-electron chi connectivity index (χ2n) is 5.00. The third-order valence-electron chi connectivity index (χ3n) is 3.31. The predicted molar refractivity (Wildman–Crippen MR) is 79.0 cm³/mol. The Hall–Kier alpha value is -1.22. The lowest BCUT2D eigenvalue weighted by Crippen LogP contribution is -2.44. The summed E-state index contributed by atoms with van der Waals surface area (Å²) in [6.07, 6.45) is 1.65. The quantitative estimate of drug-likeness (QED) is 0.777. The van der Waals surface area contributed by atoms with Gasteiger partial charge in [-0.3, -0.25) is 4.79 Å². The topological polar surface area (TPSA) is 105 Å². The molecule has 0 aromatic carbocycles. The number of nitrogens with two attached hydrogens (primary N) is 1. The van der Waals surface area contributed by atoms with Gasteiger partial charge in [-0.25, -0.2) is 14.8 Å². The van der Waals surface area contributed by atoms with Gasteiger partial charge in [-0.2, -0.15) is 8.42 Å². The number of aromatic nitrogens is 1. The molecule has 1 aromatic rings. The number of nitrogens with one attached hydrogen (secondary N) is 1. The standard InChI is InChI=1S/C12H17ClN4O3S/c13-11-5-1-4-10(16-11)12(18)17-6-2-3-9(8-17)7-15-21(14,19)20/h1,4-5,9,15H,2-3,6-8H2,(H2,14,19,20). The summed E-state index contributed by atoms with van der Waals surface area (Å²) in [4.78, 5) is 18.0. The van der Waals surface area contributed by atoms with Gasteiger partial charge in [0.1, 0.15) is 10.8 Å². The highest BCUT2D eigenvalue weighted by molar-refractivity contribution is 7.87. The van der Waals surface area contributed by atoms with Gasteiger partial charge in [-0.15, -0.1) is 0 Å². The van der Waals surface area contributed by atoms with Gasteiger partial charge in [-0.1, -0.05) is 17.7 Å². The van der Waals surface area contributed by atoms with Crippen molar-refractivity contribution in [2.75, 3.05) is 19.6 Å². The molecule has 2 heterocycles. The maximum Gasteiger partial charge on any atom is 0.274 e. The van der Waals surface area contributed by atoms with Crippen LogP contribution in [0, 0.1) is 5.92 Å². The second kappa shape index (κ2) is 6.69. The molecule has 0 radical (unpaired) electrons. The minimum Gasteiger partial charge on any atom is -0.337 e. The molecule has 7 nitrogen and oxygen atoms in total. The Labute approximate surface area is 128 Å². The first kappa shape index (κ1) is 16.2. The van der Waals surface area contributed by atoms with Gasteiger partial charge >= 0.3 is 0 Å². The van der Waals surface area contributed by atoms with Crippen molar-refractivity contribution in [1.29, 1.82) is 0 Å². The monoisotopic (exact) mass is 332 g/mol. The van der Waals surface area contributed by atoms with E-state index in [0.717, 1.165) is 12.8 Å². The van der Waals surface area contributed by atoms with Crippen LogP contribution in [0.15, 0.2) is 18.2 Å². The Bertz CT molecular complexity index is 623. The van der Waals surface area contributed by atoms with Gasteiger partial charge in [-0.05, 0) is 30.9 Å². The fourth-order valence-corrected chi connectivity index (χ4v) is 2.97. The summed E-state index contributed by atoms with van der Waals surface area (Å²) in [6, 6.07) is 4.89. The normalized spacial score (nSPS) is 19.5. The van der Waals surface area contributed by atoms with Crippen molar-refractivity contribution >= 4 is 27.7 Å². The largest absolute Gasteiger partial charge is 0.337 e. The number of rotatable bonds is 4. The van der Waals surface area contributed by atoms with E-state index in [9.17, 15) is 13.2 Å². The number of piperidine rings is 1. The Morgan fingerprint density at radius 3 is 2.95 bits per heavy atom. The van der Waals surface area contributed by atoms with Crippen molar-refractivity contribution in [3.63, 3.8) is 0 Å². The highest BCUT2D eigenvalue weighted by atomic mass is 35.5. The summed E-state index contributed by atoms with van der Waals surface area (Å²) in [5, 5.41) is 5.18. The Balaban J connectivity index is 1.99. The molecule has 2 rings (SSSR count). The average molecular weight is 333 g/mol. The molecule has 0 bridgehead atoms. The first-order valence-electron chi connectivity index (χ1n) is 6.54. The molecule has 21 heavy (non-hydrogen) atoms. The Morgan fingerprint density at radius 1 is 1.52 bits per heavy atom. The van der Waals surface area contributed by atoms with E-state index in [4.69, 9.17) is 16.7 Å². The molecule has 1 aromatic heterocycles. The van der Waals surface area contributed by atoms with E-state index < -0.39 is 10.2 Å². The fourth-order valence-electron chi connectivity index (χ4n) is 2.34. The van der Waals surface area contributed by atoms with Crippen molar-refractivity contribution in [1.82, 2.24) is 14.6 Å². The zero-order chi connectivity index (χ0) is 15.5. The molecule has 1 saturated heterocycles. The third kappa shape index (κ3) is 4.92. The van der Waals surface area contributed by atoms with Gasteiger partial charge in [0, 0.05) is 19.6 Å². The van der Waals surface area contributed by atoms with Crippen LogP contribution in [0.5, 0.6) is 0 Å². The highest BCUT2D eigenvalue weighted by Crippen LogP contribution is 2.18. The maximum atomic E-state index is 12.3. The number of hydrogen-bond acceptors (Lipinski definition) is 4. The molecule has 0 aliphatic carbocycles. The molecular formula is C12H17ClN4O3S. The summed E-state index contributed by atoms with van der Waals surface area (Å²) in [6.45, 7) is 1.32. The lowest BCUT2D eigenvalue weighted by atomic mass is 9.98. The van der Waals surface area contributed by atoms with Gasteiger partial charge < -0.3 is 4.90 Å². The SMILES string of the molecule is NS(=O)(=O)NCC1CCCN(C(=O)c2cccc(Cl)n2)C1. The Morgan fingerprint density at radius 2 is 2.29 bits per heavy atom. The minimum atomic E-state index is -3.70. The first-order valence-corrected chi connectivity index (χ1v) is 8.47. The smallest absolute Gasteiger partial charge is 0.274 e. The van der Waals surface area contributed by atoms with Crippen molar-refractivity contribution in [3.05, 3.63) is 29.0 Å². The van der Waals surface area contributed by atoms with Crippen molar-refractivity contribution < 1.29 is 13.2 Å². The van der Waals surface area contributed by atoms with Crippen LogP contribution < -0.4 is 9.86 Å². The maximum absolute atomic E-state index is 12.3. The molecule has 1 amide bonds. The Kier molecular flexibility index (Phi) is 5.15. The molecule has 116 valence electrons. The van der Waals surface area contributed by atoms with E-state index in [2.05, 4.69) is 9.71 Å². The zero-order valence-electron chi connectivity index (χ0n) is 11.3. The van der Waals surface area contributed by atoms with Crippen LogP contribution in [0.2, 0.25) is 5.15 Å².